The van der Waals surface area contributed by atoms with Crippen LogP contribution in [0.5, 0.6) is 0 Å². The number of imidazole rings is 1. The van der Waals surface area contributed by atoms with Crippen LogP contribution in [0.3, 0.4) is 0 Å². The lowest BCUT2D eigenvalue weighted by molar-refractivity contribution is 0.0563. The van der Waals surface area contributed by atoms with Crippen molar-refractivity contribution in [3.8, 4) is 5.69 Å². The van der Waals surface area contributed by atoms with Crippen molar-refractivity contribution < 1.29 is 23.1 Å². The minimum atomic E-state index is -0.620. The molecular formula is C23H21FN4O6. The molecule has 1 aliphatic heterocycles. The van der Waals surface area contributed by atoms with E-state index < -0.39 is 23.0 Å². The normalized spacial score (nSPS) is 15.8. The summed E-state index contributed by atoms with van der Waals surface area (Å²) in [4.78, 5) is 42.9. The van der Waals surface area contributed by atoms with Gasteiger partial charge in [0, 0.05) is 6.61 Å². The summed E-state index contributed by atoms with van der Waals surface area (Å²) in [6, 6.07) is 8.44. The van der Waals surface area contributed by atoms with E-state index in [0.717, 1.165) is 17.4 Å². The number of carbonyl (C=O) groups is 1. The first-order chi connectivity index (χ1) is 16.5. The van der Waals surface area contributed by atoms with Gasteiger partial charge in [0.2, 0.25) is 5.76 Å². The lowest BCUT2D eigenvalue weighted by Crippen LogP contribution is -2.42. The van der Waals surface area contributed by atoms with E-state index in [9.17, 15) is 18.8 Å². The highest BCUT2D eigenvalue weighted by molar-refractivity contribution is 5.86. The third-order valence-corrected chi connectivity index (χ3v) is 5.77. The summed E-state index contributed by atoms with van der Waals surface area (Å²) in [5.41, 5.74) is -0.446. The van der Waals surface area contributed by atoms with Gasteiger partial charge in [0.05, 0.1) is 38.3 Å². The van der Waals surface area contributed by atoms with Crippen LogP contribution in [0.4, 0.5) is 4.39 Å². The van der Waals surface area contributed by atoms with E-state index in [1.807, 2.05) is 0 Å². The number of halogens is 1. The Hall–Kier alpha value is -3.99. The number of benzene rings is 1. The Morgan fingerprint density at radius 1 is 1.21 bits per heavy atom. The summed E-state index contributed by atoms with van der Waals surface area (Å²) in [5, 5.41) is 0. The van der Waals surface area contributed by atoms with Crippen molar-refractivity contribution in [1.29, 1.82) is 0 Å². The number of hydrogen-bond donors (Lipinski definition) is 0. The Kier molecular flexibility index (Phi) is 5.62. The summed E-state index contributed by atoms with van der Waals surface area (Å²) in [5.74, 6) is -0.651. The van der Waals surface area contributed by atoms with E-state index >= 15 is 0 Å². The van der Waals surface area contributed by atoms with Crippen LogP contribution in [0.1, 0.15) is 29.2 Å². The lowest BCUT2D eigenvalue weighted by atomic mass is 10.2. The number of fused-ring (bicyclic) bond motifs is 1. The standard InChI is InChI=1S/C23H21FN4O6/c1-32-22(30)18-9-8-17(34-18)11-26-13-25-20-19(26)21(29)27(12-16-3-2-10-33-16)23(31)28(20)15-6-4-14(24)5-7-15/h4-9,13,16H,2-3,10-12H2,1H3. The van der Waals surface area contributed by atoms with Crippen LogP contribution in [0.15, 0.2) is 56.7 Å². The van der Waals surface area contributed by atoms with E-state index in [2.05, 4.69) is 9.72 Å². The van der Waals surface area contributed by atoms with E-state index in [0.29, 0.717) is 18.1 Å². The quantitative estimate of drug-likeness (QED) is 0.399. The molecule has 0 amide bonds. The second-order valence-electron chi connectivity index (χ2n) is 7.95. The summed E-state index contributed by atoms with van der Waals surface area (Å²) in [6.45, 7) is 0.754. The van der Waals surface area contributed by atoms with Gasteiger partial charge in [-0.25, -0.2) is 23.5 Å². The first kappa shape index (κ1) is 21.8. The molecule has 0 aliphatic carbocycles. The van der Waals surface area contributed by atoms with Crippen LogP contribution in [0.2, 0.25) is 0 Å². The van der Waals surface area contributed by atoms with Gasteiger partial charge < -0.3 is 18.5 Å². The molecule has 5 rings (SSSR count). The highest BCUT2D eigenvalue weighted by atomic mass is 19.1. The summed E-state index contributed by atoms with van der Waals surface area (Å²) < 4.78 is 33.3. The number of rotatable bonds is 6. The molecule has 1 aliphatic rings. The first-order valence-electron chi connectivity index (χ1n) is 10.7. The van der Waals surface area contributed by atoms with Crippen molar-refractivity contribution in [1.82, 2.24) is 18.7 Å². The largest absolute Gasteiger partial charge is 0.463 e. The number of hydrogen-bond acceptors (Lipinski definition) is 7. The van der Waals surface area contributed by atoms with Gasteiger partial charge in [-0.15, -0.1) is 0 Å². The molecular weight excluding hydrogens is 447 g/mol. The number of nitrogens with zero attached hydrogens (tertiary/aromatic N) is 4. The van der Waals surface area contributed by atoms with Crippen LogP contribution in [0.25, 0.3) is 16.9 Å². The topological polar surface area (TPSA) is 110 Å². The Balaban J connectivity index is 1.66. The third-order valence-electron chi connectivity index (χ3n) is 5.77. The van der Waals surface area contributed by atoms with E-state index in [1.54, 1.807) is 10.6 Å². The summed E-state index contributed by atoms with van der Waals surface area (Å²) in [6.07, 6.45) is 2.76. The second kappa shape index (κ2) is 8.75. The van der Waals surface area contributed by atoms with Crippen molar-refractivity contribution in [3.63, 3.8) is 0 Å². The zero-order valence-corrected chi connectivity index (χ0v) is 18.3. The maximum Gasteiger partial charge on any atom is 0.373 e. The molecule has 1 atom stereocenters. The molecule has 0 radical (unpaired) electrons. The van der Waals surface area contributed by atoms with Gasteiger partial charge in [-0.1, -0.05) is 0 Å². The number of carbonyl (C=O) groups excluding carboxylic acids is 1. The SMILES string of the molecule is COC(=O)c1ccc(Cn2cnc3c2c(=O)n(CC2CCCO2)c(=O)n3-c2ccc(F)cc2)o1. The molecule has 0 saturated carbocycles. The predicted octanol–water partition coefficient (Wildman–Crippen LogP) is 2.09. The van der Waals surface area contributed by atoms with Crippen LogP contribution in [0, 0.1) is 5.82 Å². The average molecular weight is 468 g/mol. The summed E-state index contributed by atoms with van der Waals surface area (Å²) in [7, 11) is 1.25. The molecule has 4 aromatic rings. The molecule has 1 unspecified atom stereocenters. The van der Waals surface area contributed by atoms with Gasteiger partial charge in [-0.2, -0.15) is 0 Å². The molecule has 1 aromatic carbocycles. The van der Waals surface area contributed by atoms with Crippen molar-refractivity contribution in [2.24, 2.45) is 0 Å². The highest BCUT2D eigenvalue weighted by Crippen LogP contribution is 2.18. The zero-order valence-electron chi connectivity index (χ0n) is 18.3. The van der Waals surface area contributed by atoms with Crippen LogP contribution in [-0.2, 0) is 22.6 Å². The highest BCUT2D eigenvalue weighted by Gasteiger charge is 2.24. The Bertz CT molecular complexity index is 1470. The number of ether oxygens (including phenoxy) is 2. The lowest BCUT2D eigenvalue weighted by Gasteiger charge is -2.15. The van der Waals surface area contributed by atoms with Crippen LogP contribution < -0.4 is 11.2 Å². The molecule has 34 heavy (non-hydrogen) atoms. The molecule has 1 fully saturated rings. The first-order valence-corrected chi connectivity index (χ1v) is 10.7. The Morgan fingerprint density at radius 3 is 2.71 bits per heavy atom. The molecule has 3 aromatic heterocycles. The molecule has 10 nitrogen and oxygen atoms in total. The van der Waals surface area contributed by atoms with Gasteiger partial charge in [-0.3, -0.25) is 9.36 Å². The average Bonchev–Trinajstić information content (AvgIpc) is 3.59. The van der Waals surface area contributed by atoms with Gasteiger partial charge in [0.25, 0.3) is 5.56 Å². The molecule has 176 valence electrons. The third kappa shape index (κ3) is 3.83. The van der Waals surface area contributed by atoms with Crippen LogP contribution in [-0.4, -0.2) is 44.5 Å². The van der Waals surface area contributed by atoms with Crippen molar-refractivity contribution in [3.05, 3.63) is 80.9 Å². The van der Waals surface area contributed by atoms with E-state index in [4.69, 9.17) is 9.15 Å². The Labute approximate surface area is 191 Å². The smallest absolute Gasteiger partial charge is 0.373 e. The maximum absolute atomic E-state index is 13.5. The molecule has 0 bridgehead atoms. The number of aromatic nitrogens is 4. The van der Waals surface area contributed by atoms with Gasteiger partial charge in [0.1, 0.15) is 11.6 Å². The fourth-order valence-corrected chi connectivity index (χ4v) is 4.12. The van der Waals surface area contributed by atoms with Crippen molar-refractivity contribution in [2.45, 2.75) is 32.0 Å². The van der Waals surface area contributed by atoms with Crippen LogP contribution >= 0.6 is 0 Å². The molecule has 1 saturated heterocycles. The molecule has 4 heterocycles. The number of furan rings is 1. The second-order valence-corrected chi connectivity index (χ2v) is 7.95. The number of methoxy groups -OCH3 is 1. The number of esters is 1. The Morgan fingerprint density at radius 2 is 2.00 bits per heavy atom. The van der Waals surface area contributed by atoms with Crippen molar-refractivity contribution >= 4 is 17.1 Å². The van der Waals surface area contributed by atoms with Gasteiger partial charge in [0.15, 0.2) is 11.2 Å². The molecule has 0 spiro atoms. The molecule has 0 N–H and O–H groups in total. The van der Waals surface area contributed by atoms with Gasteiger partial charge in [-0.05, 0) is 49.2 Å². The van der Waals surface area contributed by atoms with Gasteiger partial charge >= 0.3 is 11.7 Å². The minimum absolute atomic E-state index is 0.0286. The fourth-order valence-electron chi connectivity index (χ4n) is 4.12. The maximum atomic E-state index is 13.5. The van der Waals surface area contributed by atoms with Crippen molar-refractivity contribution in [2.75, 3.05) is 13.7 Å². The fraction of sp³-hybridized carbons (Fsp3) is 0.304. The molecule has 11 heteroatoms. The summed E-state index contributed by atoms with van der Waals surface area (Å²) >= 11 is 0. The van der Waals surface area contributed by atoms with E-state index in [-0.39, 0.29) is 36.1 Å². The van der Waals surface area contributed by atoms with E-state index in [1.165, 1.54) is 48.3 Å². The monoisotopic (exact) mass is 468 g/mol. The zero-order chi connectivity index (χ0) is 23.8. The minimum Gasteiger partial charge on any atom is -0.463 e. The predicted molar refractivity (Wildman–Crippen MR) is 118 cm³/mol.